The van der Waals surface area contributed by atoms with Crippen molar-refractivity contribution in [2.75, 3.05) is 18.0 Å². The van der Waals surface area contributed by atoms with E-state index in [0.717, 1.165) is 43.0 Å². The summed E-state index contributed by atoms with van der Waals surface area (Å²) in [4.78, 5) is 27.5. The van der Waals surface area contributed by atoms with Crippen molar-refractivity contribution in [3.8, 4) is 11.4 Å². The maximum Gasteiger partial charge on any atom is 0.261 e. The van der Waals surface area contributed by atoms with Gasteiger partial charge in [-0.2, -0.15) is 0 Å². The number of hydrogen-bond donors (Lipinski definition) is 1. The standard InChI is InChI=1S/C23H21ClN6O2S/c24-21-9-8-20(33-21)23(32)25-14-16-15-30(27-26-16)18-7-6-17(29-12-2-1-5-22(29)31)13-19(18)28-10-3-4-11-28/h1-2,5-9,12-13,15H,3-4,10-11,14H2,(H,25,32). The van der Waals surface area contributed by atoms with Crippen molar-refractivity contribution in [2.24, 2.45) is 0 Å². The lowest BCUT2D eigenvalue weighted by Crippen LogP contribution is -2.22. The van der Waals surface area contributed by atoms with Crippen molar-refractivity contribution in [3.05, 3.63) is 86.2 Å². The highest BCUT2D eigenvalue weighted by molar-refractivity contribution is 7.17. The van der Waals surface area contributed by atoms with Crippen LogP contribution < -0.4 is 15.8 Å². The van der Waals surface area contributed by atoms with Crippen LogP contribution in [0.1, 0.15) is 28.2 Å². The van der Waals surface area contributed by atoms with E-state index in [2.05, 4.69) is 20.5 Å². The van der Waals surface area contributed by atoms with Crippen molar-refractivity contribution >= 4 is 34.5 Å². The van der Waals surface area contributed by atoms with E-state index < -0.39 is 0 Å². The van der Waals surface area contributed by atoms with Gasteiger partial charge in [-0.15, -0.1) is 16.4 Å². The van der Waals surface area contributed by atoms with Gasteiger partial charge in [0.1, 0.15) is 5.69 Å². The molecule has 1 N–H and O–H groups in total. The lowest BCUT2D eigenvalue weighted by Gasteiger charge is -2.22. The zero-order valence-corrected chi connectivity index (χ0v) is 19.2. The fourth-order valence-electron chi connectivity index (χ4n) is 3.90. The lowest BCUT2D eigenvalue weighted by molar-refractivity contribution is 0.0954. The fourth-order valence-corrected chi connectivity index (χ4v) is 4.86. The molecular formula is C23H21ClN6O2S. The first-order valence-electron chi connectivity index (χ1n) is 10.6. The molecule has 1 aromatic carbocycles. The number of nitrogens with one attached hydrogen (secondary N) is 1. The van der Waals surface area contributed by atoms with Crippen molar-refractivity contribution in [3.63, 3.8) is 0 Å². The van der Waals surface area contributed by atoms with E-state index in [-0.39, 0.29) is 18.0 Å². The SMILES string of the molecule is O=C(NCc1cn(-c2ccc(-n3ccccc3=O)cc2N2CCCC2)nn1)c1ccc(Cl)s1. The number of amides is 1. The third-order valence-corrected chi connectivity index (χ3v) is 6.75. The molecule has 0 bridgehead atoms. The Labute approximate surface area is 199 Å². The molecule has 1 aliphatic rings. The number of anilines is 1. The van der Waals surface area contributed by atoms with Gasteiger partial charge in [-0.25, -0.2) is 4.68 Å². The highest BCUT2D eigenvalue weighted by Gasteiger charge is 2.19. The van der Waals surface area contributed by atoms with Crippen LogP contribution in [-0.4, -0.2) is 38.6 Å². The number of benzene rings is 1. The smallest absolute Gasteiger partial charge is 0.261 e. The van der Waals surface area contributed by atoms with E-state index in [1.807, 2.05) is 30.5 Å². The largest absolute Gasteiger partial charge is 0.370 e. The molecule has 1 aliphatic heterocycles. The molecule has 10 heteroatoms. The van der Waals surface area contributed by atoms with Crippen molar-refractivity contribution in [1.82, 2.24) is 24.9 Å². The molecule has 33 heavy (non-hydrogen) atoms. The zero-order chi connectivity index (χ0) is 22.8. The van der Waals surface area contributed by atoms with Gasteiger partial charge >= 0.3 is 0 Å². The van der Waals surface area contributed by atoms with Crippen molar-refractivity contribution < 1.29 is 4.79 Å². The van der Waals surface area contributed by atoms with Crippen molar-refractivity contribution in [1.29, 1.82) is 0 Å². The monoisotopic (exact) mass is 480 g/mol. The number of aromatic nitrogens is 4. The van der Waals surface area contributed by atoms with Crippen LogP contribution in [0.15, 0.2) is 65.7 Å². The van der Waals surface area contributed by atoms with E-state index in [1.165, 1.54) is 11.3 Å². The topological polar surface area (TPSA) is 85.0 Å². The molecule has 168 valence electrons. The van der Waals surface area contributed by atoms with E-state index in [0.29, 0.717) is 14.9 Å². The van der Waals surface area contributed by atoms with Crippen LogP contribution in [0.3, 0.4) is 0 Å². The number of hydrogen-bond acceptors (Lipinski definition) is 6. The van der Waals surface area contributed by atoms with Gasteiger partial charge in [0.25, 0.3) is 11.5 Å². The van der Waals surface area contributed by atoms with E-state index in [4.69, 9.17) is 11.6 Å². The van der Waals surface area contributed by atoms with Gasteiger partial charge in [0, 0.05) is 25.4 Å². The second-order valence-corrected chi connectivity index (χ2v) is 9.43. The summed E-state index contributed by atoms with van der Waals surface area (Å²) in [5, 5.41) is 11.4. The number of thiophene rings is 1. The predicted octanol–water partition coefficient (Wildman–Crippen LogP) is 3.66. The summed E-state index contributed by atoms with van der Waals surface area (Å²) >= 11 is 7.14. The van der Waals surface area contributed by atoms with Gasteiger partial charge < -0.3 is 10.2 Å². The van der Waals surface area contributed by atoms with Crippen LogP contribution in [0, 0.1) is 0 Å². The maximum atomic E-state index is 12.3. The third-order valence-electron chi connectivity index (χ3n) is 5.52. The maximum absolute atomic E-state index is 12.3. The minimum absolute atomic E-state index is 0.0802. The fraction of sp³-hybridized carbons (Fsp3) is 0.217. The number of carbonyl (C=O) groups excluding carboxylic acids is 1. The van der Waals surface area contributed by atoms with Gasteiger partial charge in [-0.05, 0) is 49.2 Å². The van der Waals surface area contributed by atoms with Crippen LogP contribution in [0.2, 0.25) is 4.34 Å². The summed E-state index contributed by atoms with van der Waals surface area (Å²) in [6, 6.07) is 14.4. The summed E-state index contributed by atoms with van der Waals surface area (Å²) in [6.45, 7) is 2.15. The van der Waals surface area contributed by atoms with Crippen LogP contribution in [0.5, 0.6) is 0 Å². The number of nitrogens with zero attached hydrogens (tertiary/aromatic N) is 5. The molecule has 0 atom stereocenters. The van der Waals surface area contributed by atoms with E-state index >= 15 is 0 Å². The Hall–Kier alpha value is -3.43. The molecule has 5 rings (SSSR count). The minimum atomic E-state index is -0.197. The number of carbonyl (C=O) groups is 1. The summed E-state index contributed by atoms with van der Waals surface area (Å²) in [6.07, 6.45) is 5.82. The van der Waals surface area contributed by atoms with Gasteiger partial charge in [-0.3, -0.25) is 14.2 Å². The second-order valence-electron chi connectivity index (χ2n) is 7.72. The Morgan fingerprint density at radius 3 is 2.70 bits per heavy atom. The van der Waals surface area contributed by atoms with Crippen LogP contribution in [-0.2, 0) is 6.54 Å². The molecule has 0 unspecified atom stereocenters. The minimum Gasteiger partial charge on any atom is -0.370 e. The van der Waals surface area contributed by atoms with Crippen LogP contribution in [0.4, 0.5) is 5.69 Å². The molecule has 4 aromatic rings. The first-order chi connectivity index (χ1) is 16.1. The van der Waals surface area contributed by atoms with Gasteiger partial charge in [0.2, 0.25) is 0 Å². The highest BCUT2D eigenvalue weighted by Crippen LogP contribution is 2.29. The number of pyridine rings is 1. The molecule has 0 saturated carbocycles. The quantitative estimate of drug-likeness (QED) is 0.455. The van der Waals surface area contributed by atoms with Crippen molar-refractivity contribution in [2.45, 2.75) is 19.4 Å². The molecule has 1 fully saturated rings. The number of halogens is 1. The Morgan fingerprint density at radius 2 is 1.94 bits per heavy atom. The van der Waals surface area contributed by atoms with Gasteiger partial charge in [-0.1, -0.05) is 22.9 Å². The summed E-state index contributed by atoms with van der Waals surface area (Å²) in [5.41, 5.74) is 3.23. The number of rotatable bonds is 6. The molecule has 0 spiro atoms. The highest BCUT2D eigenvalue weighted by atomic mass is 35.5. The Kier molecular flexibility index (Phi) is 5.97. The molecule has 0 aliphatic carbocycles. The summed E-state index contributed by atoms with van der Waals surface area (Å²) in [5.74, 6) is -0.197. The lowest BCUT2D eigenvalue weighted by atomic mass is 10.2. The average Bonchev–Trinajstić information content (AvgIpc) is 3.59. The first kappa shape index (κ1) is 21.4. The molecule has 1 saturated heterocycles. The molecule has 1 amide bonds. The van der Waals surface area contributed by atoms with E-state index in [9.17, 15) is 9.59 Å². The molecule has 3 aromatic heterocycles. The predicted molar refractivity (Wildman–Crippen MR) is 129 cm³/mol. The zero-order valence-electron chi connectivity index (χ0n) is 17.6. The Balaban J connectivity index is 1.41. The Bertz CT molecular complexity index is 1350. The summed E-state index contributed by atoms with van der Waals surface area (Å²) in [7, 11) is 0. The molecule has 0 radical (unpaired) electrons. The third kappa shape index (κ3) is 4.55. The summed E-state index contributed by atoms with van der Waals surface area (Å²) < 4.78 is 3.92. The van der Waals surface area contributed by atoms with Gasteiger partial charge in [0.05, 0.1) is 39.0 Å². The first-order valence-corrected chi connectivity index (χ1v) is 11.8. The van der Waals surface area contributed by atoms with Gasteiger partial charge in [0.15, 0.2) is 0 Å². The molecular weight excluding hydrogens is 460 g/mol. The van der Waals surface area contributed by atoms with Crippen LogP contribution in [0.25, 0.3) is 11.4 Å². The van der Waals surface area contributed by atoms with Crippen LogP contribution >= 0.6 is 22.9 Å². The normalized spacial score (nSPS) is 13.4. The molecule has 4 heterocycles. The Morgan fingerprint density at radius 1 is 1.09 bits per heavy atom. The average molecular weight is 481 g/mol. The van der Waals surface area contributed by atoms with E-state index in [1.54, 1.807) is 39.7 Å². The molecule has 8 nitrogen and oxygen atoms in total. The second kappa shape index (κ2) is 9.21.